The van der Waals surface area contributed by atoms with Gasteiger partial charge in [0.05, 0.1) is 23.0 Å². The second-order valence-corrected chi connectivity index (χ2v) is 5.79. The van der Waals surface area contributed by atoms with Crippen LogP contribution in [0.1, 0.15) is 18.1 Å². The maximum absolute atomic E-state index is 9.53. The third-order valence-electron chi connectivity index (χ3n) is 4.21. The van der Waals surface area contributed by atoms with Gasteiger partial charge in [-0.25, -0.2) is 10.4 Å². The molecule has 0 radical (unpaired) electrons. The van der Waals surface area contributed by atoms with E-state index in [4.69, 9.17) is 4.99 Å². The normalized spacial score (nSPS) is 19.5. The first-order valence-electron chi connectivity index (χ1n) is 7.90. The van der Waals surface area contributed by atoms with Crippen molar-refractivity contribution in [1.82, 2.24) is 10.4 Å². The molecule has 4 nitrogen and oxygen atoms in total. The third-order valence-corrected chi connectivity index (χ3v) is 4.21. The van der Waals surface area contributed by atoms with Gasteiger partial charge in [0.15, 0.2) is 5.82 Å². The minimum Gasteiger partial charge on any atom is -0.257 e. The van der Waals surface area contributed by atoms with Crippen LogP contribution in [0.5, 0.6) is 0 Å². The quantitative estimate of drug-likeness (QED) is 0.923. The largest absolute Gasteiger partial charge is 0.257 e. The number of fused-ring (bicyclic) bond motifs is 1. The number of hydrazine groups is 1. The average Bonchev–Trinajstić information content (AvgIpc) is 2.97. The lowest BCUT2D eigenvalue weighted by Crippen LogP contribution is -2.36. The SMILES string of the molecule is CC1NN2C(c3ccccc3)=CC(c3ccccc3)=NC2=C1C#N. The highest BCUT2D eigenvalue weighted by Gasteiger charge is 2.33. The summed E-state index contributed by atoms with van der Waals surface area (Å²) < 4.78 is 0. The first kappa shape index (κ1) is 14.4. The van der Waals surface area contributed by atoms with E-state index in [-0.39, 0.29) is 6.04 Å². The smallest absolute Gasteiger partial charge is 0.163 e. The van der Waals surface area contributed by atoms with Crippen molar-refractivity contribution >= 4 is 11.4 Å². The van der Waals surface area contributed by atoms with Gasteiger partial charge in [0, 0.05) is 5.56 Å². The summed E-state index contributed by atoms with van der Waals surface area (Å²) in [6.45, 7) is 1.98. The predicted octanol–water partition coefficient (Wildman–Crippen LogP) is 3.47. The van der Waals surface area contributed by atoms with Crippen molar-refractivity contribution in [3.8, 4) is 6.07 Å². The highest BCUT2D eigenvalue weighted by molar-refractivity contribution is 6.13. The maximum atomic E-state index is 9.53. The zero-order chi connectivity index (χ0) is 16.5. The minimum atomic E-state index is -0.0593. The Kier molecular flexibility index (Phi) is 3.49. The average molecular weight is 312 g/mol. The Labute approximate surface area is 141 Å². The zero-order valence-corrected chi connectivity index (χ0v) is 13.3. The molecule has 0 aliphatic carbocycles. The summed E-state index contributed by atoms with van der Waals surface area (Å²) in [4.78, 5) is 4.75. The van der Waals surface area contributed by atoms with E-state index in [2.05, 4.69) is 29.7 Å². The summed E-state index contributed by atoms with van der Waals surface area (Å²) in [5.41, 5.74) is 7.98. The molecule has 2 aromatic carbocycles. The molecule has 2 aliphatic heterocycles. The Bertz CT molecular complexity index is 902. The van der Waals surface area contributed by atoms with E-state index in [9.17, 15) is 5.26 Å². The summed E-state index contributed by atoms with van der Waals surface area (Å²) in [6, 6.07) is 22.4. The van der Waals surface area contributed by atoms with Crippen LogP contribution in [0.2, 0.25) is 0 Å². The minimum absolute atomic E-state index is 0.0593. The summed E-state index contributed by atoms with van der Waals surface area (Å²) in [5, 5.41) is 11.4. The first-order chi connectivity index (χ1) is 11.8. The number of hydrogen-bond acceptors (Lipinski definition) is 4. The monoisotopic (exact) mass is 312 g/mol. The van der Waals surface area contributed by atoms with Crippen LogP contribution in [0.3, 0.4) is 0 Å². The molecule has 1 N–H and O–H groups in total. The van der Waals surface area contributed by atoms with Gasteiger partial charge in [-0.05, 0) is 18.6 Å². The Balaban J connectivity index is 1.91. The fourth-order valence-corrected chi connectivity index (χ4v) is 2.99. The van der Waals surface area contributed by atoms with Crippen molar-refractivity contribution in [3.63, 3.8) is 0 Å². The lowest BCUT2D eigenvalue weighted by molar-refractivity contribution is 0.367. The first-order valence-corrected chi connectivity index (χ1v) is 7.90. The van der Waals surface area contributed by atoms with Crippen LogP contribution < -0.4 is 5.43 Å². The van der Waals surface area contributed by atoms with Gasteiger partial charge in [-0.15, -0.1) is 0 Å². The van der Waals surface area contributed by atoms with Crippen LogP contribution in [-0.2, 0) is 0 Å². The molecular weight excluding hydrogens is 296 g/mol. The Morgan fingerprint density at radius 3 is 2.25 bits per heavy atom. The van der Waals surface area contributed by atoms with Crippen molar-refractivity contribution in [1.29, 1.82) is 5.26 Å². The molecule has 0 aromatic heterocycles. The molecule has 116 valence electrons. The van der Waals surface area contributed by atoms with E-state index in [0.717, 1.165) is 22.5 Å². The Hall–Kier alpha value is -3.16. The zero-order valence-electron chi connectivity index (χ0n) is 13.3. The standard InChI is InChI=1S/C20H16N4/c1-14-17(13-21)20-22-18(15-8-4-2-5-9-15)12-19(24(20)23-14)16-10-6-3-7-11-16/h2-12,14,23H,1H3. The summed E-state index contributed by atoms with van der Waals surface area (Å²) >= 11 is 0. The number of nitriles is 1. The molecule has 2 aliphatic rings. The number of aliphatic imine (C=N–C) groups is 1. The van der Waals surface area contributed by atoms with E-state index >= 15 is 0 Å². The van der Waals surface area contributed by atoms with E-state index in [0.29, 0.717) is 11.4 Å². The molecule has 2 aromatic rings. The van der Waals surface area contributed by atoms with Gasteiger partial charge in [-0.2, -0.15) is 5.26 Å². The van der Waals surface area contributed by atoms with Crippen molar-refractivity contribution < 1.29 is 0 Å². The molecule has 1 unspecified atom stereocenters. The molecule has 1 atom stereocenters. The van der Waals surface area contributed by atoms with Crippen molar-refractivity contribution in [2.24, 2.45) is 4.99 Å². The molecule has 24 heavy (non-hydrogen) atoms. The molecule has 0 saturated carbocycles. The molecule has 0 bridgehead atoms. The predicted molar refractivity (Wildman–Crippen MR) is 94.5 cm³/mol. The molecule has 0 fully saturated rings. The fourth-order valence-electron chi connectivity index (χ4n) is 2.99. The van der Waals surface area contributed by atoms with Crippen molar-refractivity contribution in [2.45, 2.75) is 13.0 Å². The number of hydrogen-bond donors (Lipinski definition) is 1. The lowest BCUT2D eigenvalue weighted by atomic mass is 10.0. The van der Waals surface area contributed by atoms with Gasteiger partial charge >= 0.3 is 0 Å². The van der Waals surface area contributed by atoms with E-state index in [1.54, 1.807) is 0 Å². The Morgan fingerprint density at radius 1 is 1.00 bits per heavy atom. The summed E-state index contributed by atoms with van der Waals surface area (Å²) in [6.07, 6.45) is 2.06. The van der Waals surface area contributed by atoms with Crippen LogP contribution in [0.4, 0.5) is 0 Å². The molecule has 0 saturated heterocycles. The number of allylic oxidation sites excluding steroid dienone is 1. The topological polar surface area (TPSA) is 51.4 Å². The molecule has 2 heterocycles. The van der Waals surface area contributed by atoms with Gasteiger partial charge in [0.2, 0.25) is 0 Å². The van der Waals surface area contributed by atoms with E-state index in [1.165, 1.54) is 0 Å². The van der Waals surface area contributed by atoms with Crippen LogP contribution in [0, 0.1) is 11.3 Å². The van der Waals surface area contributed by atoms with Crippen LogP contribution in [-0.4, -0.2) is 16.8 Å². The van der Waals surface area contributed by atoms with Gasteiger partial charge in [-0.3, -0.25) is 5.01 Å². The van der Waals surface area contributed by atoms with Crippen LogP contribution in [0.25, 0.3) is 5.70 Å². The molecule has 4 rings (SSSR count). The lowest BCUT2D eigenvalue weighted by Gasteiger charge is -2.28. The summed E-state index contributed by atoms with van der Waals surface area (Å²) in [7, 11) is 0. The van der Waals surface area contributed by atoms with E-state index in [1.807, 2.05) is 60.5 Å². The highest BCUT2D eigenvalue weighted by Crippen LogP contribution is 2.34. The van der Waals surface area contributed by atoms with Crippen LogP contribution >= 0.6 is 0 Å². The summed E-state index contributed by atoms with van der Waals surface area (Å²) in [5.74, 6) is 0.685. The van der Waals surface area contributed by atoms with Gasteiger partial charge in [0.25, 0.3) is 0 Å². The highest BCUT2D eigenvalue weighted by atomic mass is 15.6. The fraction of sp³-hybridized carbons (Fsp3) is 0.100. The van der Waals surface area contributed by atoms with Gasteiger partial charge in [-0.1, -0.05) is 60.7 Å². The number of benzene rings is 2. The van der Waals surface area contributed by atoms with E-state index < -0.39 is 0 Å². The Morgan fingerprint density at radius 2 is 1.62 bits per heavy atom. The van der Waals surface area contributed by atoms with Crippen molar-refractivity contribution in [3.05, 3.63) is 89.3 Å². The second kappa shape index (κ2) is 5.80. The third kappa shape index (κ3) is 2.32. The number of rotatable bonds is 2. The van der Waals surface area contributed by atoms with Crippen LogP contribution in [0.15, 0.2) is 83.1 Å². The second-order valence-electron chi connectivity index (χ2n) is 5.79. The number of nitrogens with one attached hydrogen (secondary N) is 1. The molecule has 0 amide bonds. The van der Waals surface area contributed by atoms with Gasteiger partial charge < -0.3 is 0 Å². The van der Waals surface area contributed by atoms with Gasteiger partial charge in [0.1, 0.15) is 6.07 Å². The molecule has 0 spiro atoms. The molecule has 4 heteroatoms. The number of nitrogens with zero attached hydrogens (tertiary/aromatic N) is 3. The van der Waals surface area contributed by atoms with Crippen molar-refractivity contribution in [2.75, 3.05) is 0 Å². The molecular formula is C20H16N4. The maximum Gasteiger partial charge on any atom is 0.163 e.